The first kappa shape index (κ1) is 11.2. The maximum atomic E-state index is 8.59. The molecule has 80 valence electrons. The van der Waals surface area contributed by atoms with E-state index >= 15 is 0 Å². The highest BCUT2D eigenvalue weighted by molar-refractivity contribution is 5.03. The number of nitrogens with one attached hydrogen (secondary N) is 1. The van der Waals surface area contributed by atoms with Gasteiger partial charge in [-0.2, -0.15) is 5.10 Å². The van der Waals surface area contributed by atoms with Crippen LogP contribution in [-0.4, -0.2) is 28.0 Å². The average Bonchev–Trinajstić information content (AvgIpc) is 2.66. The summed E-state index contributed by atoms with van der Waals surface area (Å²) in [5.74, 6) is 0. The smallest absolute Gasteiger partial charge is 0.0556 e. The first-order valence-electron chi connectivity index (χ1n) is 5.12. The van der Waals surface area contributed by atoms with Gasteiger partial charge in [0.1, 0.15) is 0 Å². The number of rotatable bonds is 6. The van der Waals surface area contributed by atoms with E-state index in [1.807, 2.05) is 10.9 Å². The van der Waals surface area contributed by atoms with E-state index in [0.717, 1.165) is 13.0 Å². The van der Waals surface area contributed by atoms with Crippen LogP contribution in [0.2, 0.25) is 0 Å². The fraction of sp³-hybridized carbons (Fsp3) is 0.700. The lowest BCUT2D eigenvalue weighted by molar-refractivity contribution is 0.292. The molecule has 4 heteroatoms. The predicted molar refractivity (Wildman–Crippen MR) is 56.0 cm³/mol. The molecule has 0 aliphatic heterocycles. The van der Waals surface area contributed by atoms with Crippen molar-refractivity contribution in [2.24, 2.45) is 0 Å². The minimum absolute atomic E-state index is 0.180. The molecule has 1 aromatic heterocycles. The van der Waals surface area contributed by atoms with E-state index in [2.05, 4.69) is 30.5 Å². The number of aromatic nitrogens is 2. The Balaban J connectivity index is 2.42. The van der Waals surface area contributed by atoms with Crippen molar-refractivity contribution in [3.63, 3.8) is 0 Å². The number of hydrogen-bond donors (Lipinski definition) is 2. The van der Waals surface area contributed by atoms with Gasteiger partial charge >= 0.3 is 0 Å². The van der Waals surface area contributed by atoms with Crippen LogP contribution in [-0.2, 0) is 6.54 Å². The Kier molecular flexibility index (Phi) is 4.62. The molecular formula is C10H19N3O. The molecule has 0 saturated heterocycles. The lowest BCUT2D eigenvalue weighted by Gasteiger charge is -2.07. The van der Waals surface area contributed by atoms with Crippen molar-refractivity contribution in [1.29, 1.82) is 0 Å². The standard InChI is InChI=1S/C10H19N3O/c1-3-9(2)13-8-10(7-12-13)6-11-4-5-14/h7-9,11,14H,3-6H2,1-2H3/t9-/m0/s1. The van der Waals surface area contributed by atoms with Crippen LogP contribution in [0.1, 0.15) is 31.9 Å². The molecule has 1 heterocycles. The maximum Gasteiger partial charge on any atom is 0.0556 e. The summed E-state index contributed by atoms with van der Waals surface area (Å²) in [5.41, 5.74) is 1.17. The van der Waals surface area contributed by atoms with Crippen molar-refractivity contribution in [2.75, 3.05) is 13.2 Å². The van der Waals surface area contributed by atoms with Crippen LogP contribution in [0.15, 0.2) is 12.4 Å². The number of aliphatic hydroxyl groups is 1. The molecule has 0 spiro atoms. The van der Waals surface area contributed by atoms with Crippen LogP contribution >= 0.6 is 0 Å². The van der Waals surface area contributed by atoms with Gasteiger partial charge in [0.15, 0.2) is 0 Å². The largest absolute Gasteiger partial charge is 0.395 e. The van der Waals surface area contributed by atoms with Crippen molar-refractivity contribution in [2.45, 2.75) is 32.9 Å². The van der Waals surface area contributed by atoms with E-state index in [1.54, 1.807) is 0 Å². The Morgan fingerprint density at radius 2 is 2.43 bits per heavy atom. The lowest BCUT2D eigenvalue weighted by Crippen LogP contribution is -2.17. The molecular weight excluding hydrogens is 178 g/mol. The molecule has 0 fully saturated rings. The van der Waals surface area contributed by atoms with E-state index < -0.39 is 0 Å². The molecule has 0 aromatic carbocycles. The second-order valence-electron chi connectivity index (χ2n) is 3.49. The molecule has 2 N–H and O–H groups in total. The van der Waals surface area contributed by atoms with Crippen molar-refractivity contribution < 1.29 is 5.11 Å². The van der Waals surface area contributed by atoms with Gasteiger partial charge < -0.3 is 10.4 Å². The van der Waals surface area contributed by atoms with Crippen molar-refractivity contribution in [3.05, 3.63) is 18.0 Å². The summed E-state index contributed by atoms with van der Waals surface area (Å²) < 4.78 is 1.98. The topological polar surface area (TPSA) is 50.1 Å². The third kappa shape index (κ3) is 3.12. The van der Waals surface area contributed by atoms with Crippen LogP contribution in [0.5, 0.6) is 0 Å². The van der Waals surface area contributed by atoms with E-state index in [4.69, 9.17) is 5.11 Å². The van der Waals surface area contributed by atoms with Gasteiger partial charge in [-0.3, -0.25) is 4.68 Å². The molecule has 0 unspecified atom stereocenters. The monoisotopic (exact) mass is 197 g/mol. The van der Waals surface area contributed by atoms with Crippen LogP contribution in [0.25, 0.3) is 0 Å². The van der Waals surface area contributed by atoms with Gasteiger partial charge in [0, 0.05) is 30.9 Å². The summed E-state index contributed by atoms with van der Waals surface area (Å²) in [6, 6.07) is 0.460. The number of hydrogen-bond acceptors (Lipinski definition) is 3. The first-order valence-corrected chi connectivity index (χ1v) is 5.12. The molecule has 14 heavy (non-hydrogen) atoms. The second kappa shape index (κ2) is 5.78. The molecule has 0 aliphatic rings. The van der Waals surface area contributed by atoms with Gasteiger partial charge in [-0.05, 0) is 13.3 Å². The number of nitrogens with zero attached hydrogens (tertiary/aromatic N) is 2. The highest BCUT2D eigenvalue weighted by Gasteiger charge is 2.03. The van der Waals surface area contributed by atoms with Crippen molar-refractivity contribution in [1.82, 2.24) is 15.1 Å². The van der Waals surface area contributed by atoms with Crippen molar-refractivity contribution in [3.8, 4) is 0 Å². The molecule has 0 radical (unpaired) electrons. The van der Waals surface area contributed by atoms with E-state index in [1.165, 1.54) is 5.56 Å². The molecule has 0 amide bonds. The zero-order valence-corrected chi connectivity index (χ0v) is 8.90. The molecule has 0 aliphatic carbocycles. The first-order chi connectivity index (χ1) is 6.77. The van der Waals surface area contributed by atoms with E-state index in [-0.39, 0.29) is 6.61 Å². The Hall–Kier alpha value is -0.870. The SMILES string of the molecule is CC[C@H](C)n1cc(CNCCO)cn1. The van der Waals surface area contributed by atoms with Gasteiger partial charge in [0.05, 0.1) is 12.8 Å². The predicted octanol–water partition coefficient (Wildman–Crippen LogP) is 0.936. The second-order valence-corrected chi connectivity index (χ2v) is 3.49. The van der Waals surface area contributed by atoms with Gasteiger partial charge in [-0.1, -0.05) is 6.92 Å². The summed E-state index contributed by atoms with van der Waals surface area (Å²) in [4.78, 5) is 0. The summed E-state index contributed by atoms with van der Waals surface area (Å²) in [6.07, 6.45) is 5.01. The van der Waals surface area contributed by atoms with Gasteiger partial charge in [-0.25, -0.2) is 0 Å². The molecule has 1 rings (SSSR count). The van der Waals surface area contributed by atoms with E-state index in [0.29, 0.717) is 12.6 Å². The zero-order chi connectivity index (χ0) is 10.4. The fourth-order valence-corrected chi connectivity index (χ4v) is 1.21. The maximum absolute atomic E-state index is 8.59. The lowest BCUT2D eigenvalue weighted by atomic mass is 10.3. The summed E-state index contributed by atoms with van der Waals surface area (Å²) in [6.45, 7) is 5.89. The van der Waals surface area contributed by atoms with Crippen LogP contribution < -0.4 is 5.32 Å². The molecule has 1 aromatic rings. The fourth-order valence-electron chi connectivity index (χ4n) is 1.21. The Morgan fingerprint density at radius 1 is 1.64 bits per heavy atom. The van der Waals surface area contributed by atoms with Crippen molar-refractivity contribution >= 4 is 0 Å². The highest BCUT2D eigenvalue weighted by atomic mass is 16.3. The molecule has 1 atom stereocenters. The van der Waals surface area contributed by atoms with Crippen LogP contribution in [0.3, 0.4) is 0 Å². The number of aliphatic hydroxyl groups excluding tert-OH is 1. The Bertz CT molecular complexity index is 260. The van der Waals surface area contributed by atoms with Crippen LogP contribution in [0.4, 0.5) is 0 Å². The third-order valence-electron chi connectivity index (χ3n) is 2.32. The Morgan fingerprint density at radius 3 is 3.07 bits per heavy atom. The minimum Gasteiger partial charge on any atom is -0.395 e. The van der Waals surface area contributed by atoms with Crippen LogP contribution in [0, 0.1) is 0 Å². The zero-order valence-electron chi connectivity index (χ0n) is 8.90. The highest BCUT2D eigenvalue weighted by Crippen LogP contribution is 2.09. The van der Waals surface area contributed by atoms with Gasteiger partial charge in [0.25, 0.3) is 0 Å². The molecule has 0 bridgehead atoms. The van der Waals surface area contributed by atoms with Gasteiger partial charge in [-0.15, -0.1) is 0 Å². The minimum atomic E-state index is 0.180. The third-order valence-corrected chi connectivity index (χ3v) is 2.32. The normalized spacial score (nSPS) is 13.1. The van der Waals surface area contributed by atoms with E-state index in [9.17, 15) is 0 Å². The summed E-state index contributed by atoms with van der Waals surface area (Å²) in [5, 5.41) is 16.0. The summed E-state index contributed by atoms with van der Waals surface area (Å²) >= 11 is 0. The average molecular weight is 197 g/mol. The molecule has 0 saturated carbocycles. The van der Waals surface area contributed by atoms with Gasteiger partial charge in [0.2, 0.25) is 0 Å². The Labute approximate surface area is 84.9 Å². The summed E-state index contributed by atoms with van der Waals surface area (Å²) in [7, 11) is 0. The molecule has 4 nitrogen and oxygen atoms in total. The quantitative estimate of drug-likeness (QED) is 0.667.